The summed E-state index contributed by atoms with van der Waals surface area (Å²) in [6, 6.07) is -0.308. The molecule has 0 bridgehead atoms. The van der Waals surface area contributed by atoms with Gasteiger partial charge in [-0.1, -0.05) is 0 Å². The van der Waals surface area contributed by atoms with Crippen LogP contribution >= 0.6 is 11.3 Å². The van der Waals surface area contributed by atoms with Crippen LogP contribution in [0.4, 0.5) is 4.79 Å². The van der Waals surface area contributed by atoms with Crippen molar-refractivity contribution in [2.45, 2.75) is 31.6 Å². The number of thiazole rings is 1. The second-order valence-corrected chi connectivity index (χ2v) is 5.13. The summed E-state index contributed by atoms with van der Waals surface area (Å²) in [7, 11) is 0. The predicted molar refractivity (Wildman–Crippen MR) is 67.9 cm³/mol. The molecule has 2 rings (SSSR count). The van der Waals surface area contributed by atoms with Crippen LogP contribution in [0.5, 0.6) is 0 Å². The highest BCUT2D eigenvalue weighted by molar-refractivity contribution is 7.09. The Morgan fingerprint density at radius 2 is 2.32 bits per heavy atom. The molecule has 1 aromatic heterocycles. The van der Waals surface area contributed by atoms with E-state index in [2.05, 4.69) is 15.6 Å². The molecule has 3 N–H and O–H groups in total. The van der Waals surface area contributed by atoms with Crippen LogP contribution in [0.1, 0.15) is 17.8 Å². The number of aromatic nitrogens is 1. The number of nitrogens with zero attached hydrogens (tertiary/aromatic N) is 1. The molecule has 2 heterocycles. The predicted octanol–water partition coefficient (Wildman–Crippen LogP) is 0.575. The maximum absolute atomic E-state index is 11.5. The molecule has 7 nitrogen and oxygen atoms in total. The molecule has 8 heteroatoms. The summed E-state index contributed by atoms with van der Waals surface area (Å²) in [6.45, 7) is 0.695. The fourth-order valence-electron chi connectivity index (χ4n) is 1.80. The van der Waals surface area contributed by atoms with Gasteiger partial charge in [-0.25, -0.2) is 14.6 Å². The Labute approximate surface area is 114 Å². The minimum Gasteiger partial charge on any atom is -0.479 e. The Bertz CT molecular complexity index is 437. The first kappa shape index (κ1) is 13.8. The number of hydrogen-bond donors (Lipinski definition) is 3. The Hall–Kier alpha value is -1.67. The molecule has 19 heavy (non-hydrogen) atoms. The van der Waals surface area contributed by atoms with Crippen LogP contribution in [-0.2, 0) is 16.1 Å². The molecule has 0 radical (unpaired) electrons. The Morgan fingerprint density at radius 3 is 2.95 bits per heavy atom. The zero-order valence-electron chi connectivity index (χ0n) is 10.2. The number of ether oxygens (including phenoxy) is 1. The number of aliphatic carboxylic acids is 1. The average molecular weight is 285 g/mol. The summed E-state index contributed by atoms with van der Waals surface area (Å²) in [5.74, 6) is -0.948. The largest absolute Gasteiger partial charge is 0.479 e. The van der Waals surface area contributed by atoms with Crippen molar-refractivity contribution in [1.29, 1.82) is 0 Å². The second-order valence-electron chi connectivity index (χ2n) is 4.15. The third kappa shape index (κ3) is 4.18. The van der Waals surface area contributed by atoms with Crippen LogP contribution in [0.25, 0.3) is 0 Å². The molecule has 2 unspecified atom stereocenters. The molecule has 1 fully saturated rings. The van der Waals surface area contributed by atoms with E-state index in [0.29, 0.717) is 25.9 Å². The van der Waals surface area contributed by atoms with E-state index in [9.17, 15) is 9.59 Å². The molecular formula is C11H15N3O4S. The normalized spacial score (nSPS) is 22.1. The van der Waals surface area contributed by atoms with Crippen LogP contribution in [0.2, 0.25) is 0 Å². The summed E-state index contributed by atoms with van der Waals surface area (Å²) in [5, 5.41) is 16.8. The number of carboxylic acid groups (broad SMARTS) is 1. The van der Waals surface area contributed by atoms with Crippen molar-refractivity contribution in [3.63, 3.8) is 0 Å². The van der Waals surface area contributed by atoms with Crippen LogP contribution in [0, 0.1) is 0 Å². The van der Waals surface area contributed by atoms with Crippen LogP contribution in [-0.4, -0.2) is 40.8 Å². The van der Waals surface area contributed by atoms with Gasteiger partial charge in [0.15, 0.2) is 6.10 Å². The number of hydrogen-bond acceptors (Lipinski definition) is 5. The lowest BCUT2D eigenvalue weighted by atomic mass is 10.2. The van der Waals surface area contributed by atoms with E-state index >= 15 is 0 Å². The zero-order valence-corrected chi connectivity index (χ0v) is 11.0. The monoisotopic (exact) mass is 285 g/mol. The van der Waals surface area contributed by atoms with E-state index in [-0.39, 0.29) is 12.1 Å². The fraction of sp³-hybridized carbons (Fsp3) is 0.545. The number of amides is 2. The van der Waals surface area contributed by atoms with Gasteiger partial charge in [-0.3, -0.25) is 0 Å². The first-order valence-corrected chi connectivity index (χ1v) is 6.81. The summed E-state index contributed by atoms with van der Waals surface area (Å²) in [6.07, 6.45) is 1.83. The molecule has 0 spiro atoms. The van der Waals surface area contributed by atoms with Gasteiger partial charge in [-0.05, 0) is 12.8 Å². The van der Waals surface area contributed by atoms with Gasteiger partial charge < -0.3 is 20.5 Å². The topological polar surface area (TPSA) is 101 Å². The van der Waals surface area contributed by atoms with E-state index in [1.54, 1.807) is 6.20 Å². The van der Waals surface area contributed by atoms with Crippen LogP contribution in [0.3, 0.4) is 0 Å². The molecule has 2 amide bonds. The minimum atomic E-state index is -0.948. The average Bonchev–Trinajstić information content (AvgIpc) is 3.05. The molecule has 1 aliphatic rings. The van der Waals surface area contributed by atoms with Crippen molar-refractivity contribution in [2.24, 2.45) is 0 Å². The first-order valence-electron chi connectivity index (χ1n) is 5.93. The van der Waals surface area contributed by atoms with Crippen molar-refractivity contribution >= 4 is 23.3 Å². The number of carbonyl (C=O) groups is 2. The quantitative estimate of drug-likeness (QED) is 0.734. The van der Waals surface area contributed by atoms with Crippen LogP contribution < -0.4 is 10.6 Å². The lowest BCUT2D eigenvalue weighted by Crippen LogP contribution is -2.39. The highest BCUT2D eigenvalue weighted by atomic mass is 32.1. The molecule has 1 saturated heterocycles. The van der Waals surface area contributed by atoms with Crippen molar-refractivity contribution in [3.05, 3.63) is 16.6 Å². The van der Waals surface area contributed by atoms with Gasteiger partial charge in [-0.2, -0.15) is 0 Å². The smallest absolute Gasteiger partial charge is 0.332 e. The van der Waals surface area contributed by atoms with Crippen molar-refractivity contribution in [2.75, 3.05) is 6.54 Å². The molecule has 0 aromatic carbocycles. The molecule has 0 aliphatic carbocycles. The molecule has 1 aromatic rings. The van der Waals surface area contributed by atoms with Gasteiger partial charge in [0.05, 0.1) is 12.6 Å². The van der Waals surface area contributed by atoms with Gasteiger partial charge in [0.1, 0.15) is 5.01 Å². The number of rotatable bonds is 5. The summed E-state index contributed by atoms with van der Waals surface area (Å²) in [4.78, 5) is 26.2. The number of urea groups is 1. The Morgan fingerprint density at radius 1 is 1.47 bits per heavy atom. The van der Waals surface area contributed by atoms with E-state index in [4.69, 9.17) is 9.84 Å². The molecular weight excluding hydrogens is 270 g/mol. The number of carboxylic acids is 1. The standard InChI is InChI=1S/C11H15N3O4S/c15-10(16)8-2-1-7(18-8)5-13-11(17)14-6-9-12-3-4-19-9/h3-4,7-8H,1-2,5-6H2,(H,15,16)(H2,13,14,17). The van der Waals surface area contributed by atoms with Crippen molar-refractivity contribution < 1.29 is 19.4 Å². The lowest BCUT2D eigenvalue weighted by molar-refractivity contribution is -0.149. The van der Waals surface area contributed by atoms with E-state index in [1.807, 2.05) is 5.38 Å². The Kier molecular flexibility index (Phi) is 4.69. The fourth-order valence-corrected chi connectivity index (χ4v) is 2.36. The van der Waals surface area contributed by atoms with E-state index < -0.39 is 12.1 Å². The summed E-state index contributed by atoms with van der Waals surface area (Å²) >= 11 is 1.47. The van der Waals surface area contributed by atoms with Crippen LogP contribution in [0.15, 0.2) is 11.6 Å². The van der Waals surface area contributed by atoms with Gasteiger partial charge in [0, 0.05) is 18.1 Å². The SMILES string of the molecule is O=C(NCc1nccs1)NCC1CCC(C(=O)O)O1. The maximum atomic E-state index is 11.5. The Balaban J connectivity index is 1.63. The molecule has 0 saturated carbocycles. The number of nitrogens with one attached hydrogen (secondary N) is 2. The summed E-state index contributed by atoms with van der Waals surface area (Å²) in [5.41, 5.74) is 0. The molecule has 1 aliphatic heterocycles. The summed E-state index contributed by atoms with van der Waals surface area (Å²) < 4.78 is 5.27. The molecule has 2 atom stereocenters. The zero-order chi connectivity index (χ0) is 13.7. The lowest BCUT2D eigenvalue weighted by Gasteiger charge is -2.12. The minimum absolute atomic E-state index is 0.230. The van der Waals surface area contributed by atoms with Crippen molar-refractivity contribution in [1.82, 2.24) is 15.6 Å². The van der Waals surface area contributed by atoms with E-state index in [1.165, 1.54) is 11.3 Å². The third-order valence-electron chi connectivity index (χ3n) is 2.76. The van der Waals surface area contributed by atoms with Crippen molar-refractivity contribution in [3.8, 4) is 0 Å². The van der Waals surface area contributed by atoms with E-state index in [0.717, 1.165) is 5.01 Å². The highest BCUT2D eigenvalue weighted by Crippen LogP contribution is 2.19. The second kappa shape index (κ2) is 6.48. The first-order chi connectivity index (χ1) is 9.15. The highest BCUT2D eigenvalue weighted by Gasteiger charge is 2.30. The van der Waals surface area contributed by atoms with Gasteiger partial charge in [0.25, 0.3) is 0 Å². The van der Waals surface area contributed by atoms with Gasteiger partial charge >= 0.3 is 12.0 Å². The maximum Gasteiger partial charge on any atom is 0.332 e. The van der Waals surface area contributed by atoms with Gasteiger partial charge in [0.2, 0.25) is 0 Å². The molecule has 104 valence electrons. The third-order valence-corrected chi connectivity index (χ3v) is 3.54. The van der Waals surface area contributed by atoms with Gasteiger partial charge in [-0.15, -0.1) is 11.3 Å². The number of carbonyl (C=O) groups excluding carboxylic acids is 1.